The fourth-order valence-electron chi connectivity index (χ4n) is 1.96. The highest BCUT2D eigenvalue weighted by Crippen LogP contribution is 1.97. The van der Waals surface area contributed by atoms with E-state index in [1.165, 1.54) is 0 Å². The molecular formula is C16H34N3O2+. The van der Waals surface area contributed by atoms with Crippen molar-refractivity contribution in [3.8, 4) is 0 Å². The molecule has 21 heavy (non-hydrogen) atoms. The van der Waals surface area contributed by atoms with Crippen LogP contribution < -0.4 is 10.6 Å². The van der Waals surface area contributed by atoms with E-state index in [4.69, 9.17) is 0 Å². The number of hydrogen-bond acceptors (Lipinski definition) is 2. The molecule has 0 atom stereocenters. The molecular weight excluding hydrogens is 266 g/mol. The summed E-state index contributed by atoms with van der Waals surface area (Å²) in [7, 11) is 4.24. The van der Waals surface area contributed by atoms with Gasteiger partial charge in [-0.1, -0.05) is 26.7 Å². The van der Waals surface area contributed by atoms with Crippen LogP contribution in [0.2, 0.25) is 0 Å². The molecule has 0 bridgehead atoms. The van der Waals surface area contributed by atoms with Gasteiger partial charge in [0.2, 0.25) is 11.8 Å². The number of hydrogen-bond donors (Lipinski definition) is 2. The molecule has 0 rings (SSSR count). The Bertz CT molecular complexity index is 276. The Hall–Kier alpha value is -1.10. The van der Waals surface area contributed by atoms with E-state index < -0.39 is 0 Å². The highest BCUT2D eigenvalue weighted by Gasteiger charge is 2.15. The number of unbranched alkanes of at least 4 members (excludes halogenated alkanes) is 2. The molecule has 0 heterocycles. The van der Waals surface area contributed by atoms with E-state index in [9.17, 15) is 9.59 Å². The van der Waals surface area contributed by atoms with Gasteiger partial charge in [0.15, 0.2) is 0 Å². The van der Waals surface area contributed by atoms with Crippen LogP contribution in [0, 0.1) is 0 Å². The van der Waals surface area contributed by atoms with E-state index in [2.05, 4.69) is 38.6 Å². The molecule has 5 heteroatoms. The van der Waals surface area contributed by atoms with Crippen LogP contribution in [0.1, 0.15) is 52.4 Å². The maximum Gasteiger partial charge on any atom is 0.220 e. The third-order valence-electron chi connectivity index (χ3n) is 3.59. The summed E-state index contributed by atoms with van der Waals surface area (Å²) in [5.41, 5.74) is 0. The quantitative estimate of drug-likeness (QED) is 0.539. The number of likely N-dealkylation sites (N-methyl/N-ethyl adjacent to an activating group) is 1. The van der Waals surface area contributed by atoms with Crippen molar-refractivity contribution in [1.29, 1.82) is 0 Å². The SMILES string of the molecule is CCCCC(=O)NCC[N+](C)(C)CCNC(=O)CCCC. The normalized spacial score (nSPS) is 11.2. The van der Waals surface area contributed by atoms with Crippen LogP contribution in [0.4, 0.5) is 0 Å². The van der Waals surface area contributed by atoms with Crippen molar-refractivity contribution in [2.24, 2.45) is 0 Å². The molecule has 5 nitrogen and oxygen atoms in total. The molecule has 0 aromatic heterocycles. The first-order valence-corrected chi connectivity index (χ1v) is 8.26. The topological polar surface area (TPSA) is 58.2 Å². The Kier molecular flexibility index (Phi) is 10.9. The lowest BCUT2D eigenvalue weighted by Gasteiger charge is -2.30. The first-order chi connectivity index (χ1) is 9.91. The number of quaternary nitrogens is 1. The number of carbonyl (C=O) groups excluding carboxylic acids is 2. The number of nitrogens with one attached hydrogen (secondary N) is 2. The predicted octanol–water partition coefficient (Wildman–Crippen LogP) is 1.68. The molecule has 0 aromatic carbocycles. The average molecular weight is 300 g/mol. The zero-order chi connectivity index (χ0) is 16.1. The summed E-state index contributed by atoms with van der Waals surface area (Å²) >= 11 is 0. The van der Waals surface area contributed by atoms with Gasteiger partial charge in [-0.05, 0) is 12.8 Å². The number of nitrogens with zero attached hydrogens (tertiary/aromatic N) is 1. The van der Waals surface area contributed by atoms with Crippen molar-refractivity contribution in [3.63, 3.8) is 0 Å². The minimum absolute atomic E-state index is 0.143. The van der Waals surface area contributed by atoms with Crippen molar-refractivity contribution < 1.29 is 14.1 Å². The van der Waals surface area contributed by atoms with Crippen LogP contribution in [0.15, 0.2) is 0 Å². The van der Waals surface area contributed by atoms with Gasteiger partial charge in [0, 0.05) is 12.8 Å². The molecule has 0 saturated heterocycles. The molecule has 0 saturated carbocycles. The Balaban J connectivity index is 3.73. The van der Waals surface area contributed by atoms with E-state index in [0.29, 0.717) is 25.9 Å². The van der Waals surface area contributed by atoms with Crippen LogP contribution in [-0.2, 0) is 9.59 Å². The summed E-state index contributed by atoms with van der Waals surface area (Å²) in [5, 5.41) is 5.92. The van der Waals surface area contributed by atoms with Crippen molar-refractivity contribution in [3.05, 3.63) is 0 Å². The summed E-state index contributed by atoms with van der Waals surface area (Å²) in [6.07, 6.45) is 5.25. The summed E-state index contributed by atoms with van der Waals surface area (Å²) in [5.74, 6) is 0.287. The molecule has 0 aliphatic carbocycles. The van der Waals surface area contributed by atoms with Gasteiger partial charge < -0.3 is 15.1 Å². The zero-order valence-electron chi connectivity index (χ0n) is 14.3. The van der Waals surface area contributed by atoms with Crippen molar-refractivity contribution in [2.75, 3.05) is 40.3 Å². The second-order valence-electron chi connectivity index (χ2n) is 6.29. The lowest BCUT2D eigenvalue weighted by Crippen LogP contribution is -2.49. The second kappa shape index (κ2) is 11.5. The zero-order valence-corrected chi connectivity index (χ0v) is 14.3. The maximum absolute atomic E-state index is 11.5. The second-order valence-corrected chi connectivity index (χ2v) is 6.29. The van der Waals surface area contributed by atoms with Gasteiger partial charge in [-0.15, -0.1) is 0 Å². The monoisotopic (exact) mass is 300 g/mol. The summed E-state index contributed by atoms with van der Waals surface area (Å²) in [6.45, 7) is 7.31. The predicted molar refractivity (Wildman–Crippen MR) is 86.9 cm³/mol. The van der Waals surface area contributed by atoms with Crippen LogP contribution >= 0.6 is 0 Å². The van der Waals surface area contributed by atoms with Crippen LogP contribution in [0.5, 0.6) is 0 Å². The Labute approximate surface area is 130 Å². The standard InChI is InChI=1S/C16H33N3O2/c1-5-7-9-15(20)17-11-13-19(3,4)14-12-18-16(21)10-8-6-2/h5-14H2,1-4H3,(H-,17,18,20,21)/p+1. The van der Waals surface area contributed by atoms with Crippen LogP contribution in [-0.4, -0.2) is 56.6 Å². The maximum atomic E-state index is 11.5. The Morgan fingerprint density at radius 1 is 0.810 bits per heavy atom. The molecule has 0 aliphatic rings. The van der Waals surface area contributed by atoms with Gasteiger partial charge in [0.05, 0.1) is 40.3 Å². The van der Waals surface area contributed by atoms with Gasteiger partial charge in [-0.2, -0.15) is 0 Å². The van der Waals surface area contributed by atoms with E-state index in [0.717, 1.165) is 43.3 Å². The molecule has 0 radical (unpaired) electrons. The summed E-state index contributed by atoms with van der Waals surface area (Å²) in [4.78, 5) is 23.0. The van der Waals surface area contributed by atoms with Crippen molar-refractivity contribution >= 4 is 11.8 Å². The van der Waals surface area contributed by atoms with Crippen molar-refractivity contribution in [1.82, 2.24) is 10.6 Å². The first kappa shape index (κ1) is 19.9. The van der Waals surface area contributed by atoms with Crippen molar-refractivity contribution in [2.45, 2.75) is 52.4 Å². The van der Waals surface area contributed by atoms with Gasteiger partial charge in [0.25, 0.3) is 0 Å². The van der Waals surface area contributed by atoms with Gasteiger partial charge in [0.1, 0.15) is 0 Å². The highest BCUT2D eigenvalue weighted by atomic mass is 16.2. The molecule has 2 N–H and O–H groups in total. The minimum atomic E-state index is 0.143. The lowest BCUT2D eigenvalue weighted by molar-refractivity contribution is -0.887. The first-order valence-electron chi connectivity index (χ1n) is 8.26. The van der Waals surface area contributed by atoms with E-state index >= 15 is 0 Å². The summed E-state index contributed by atoms with van der Waals surface area (Å²) in [6, 6.07) is 0. The molecule has 0 fully saturated rings. The third kappa shape index (κ3) is 12.4. The highest BCUT2D eigenvalue weighted by molar-refractivity contribution is 5.76. The Morgan fingerprint density at radius 3 is 1.52 bits per heavy atom. The molecule has 0 spiro atoms. The summed E-state index contributed by atoms with van der Waals surface area (Å²) < 4.78 is 0.794. The lowest BCUT2D eigenvalue weighted by atomic mass is 10.2. The fourth-order valence-corrected chi connectivity index (χ4v) is 1.96. The van der Waals surface area contributed by atoms with E-state index in [1.54, 1.807) is 0 Å². The smallest absolute Gasteiger partial charge is 0.220 e. The molecule has 0 unspecified atom stereocenters. The molecule has 124 valence electrons. The van der Waals surface area contributed by atoms with E-state index in [-0.39, 0.29) is 11.8 Å². The fraction of sp³-hybridized carbons (Fsp3) is 0.875. The number of amides is 2. The third-order valence-corrected chi connectivity index (χ3v) is 3.59. The average Bonchev–Trinajstić information content (AvgIpc) is 2.42. The van der Waals surface area contributed by atoms with Gasteiger partial charge >= 0.3 is 0 Å². The number of carbonyl (C=O) groups is 2. The van der Waals surface area contributed by atoms with Gasteiger partial charge in [-0.25, -0.2) is 0 Å². The molecule has 0 aromatic rings. The van der Waals surface area contributed by atoms with Crippen LogP contribution in [0.25, 0.3) is 0 Å². The number of rotatable bonds is 12. The molecule has 0 aliphatic heterocycles. The van der Waals surface area contributed by atoms with Crippen LogP contribution in [0.3, 0.4) is 0 Å². The van der Waals surface area contributed by atoms with E-state index in [1.807, 2.05) is 0 Å². The van der Waals surface area contributed by atoms with Gasteiger partial charge in [-0.3, -0.25) is 9.59 Å². The largest absolute Gasteiger partial charge is 0.350 e. The Morgan fingerprint density at radius 2 is 1.19 bits per heavy atom. The minimum Gasteiger partial charge on any atom is -0.350 e. The molecule has 2 amide bonds.